The Balaban J connectivity index is 1.48. The number of para-hydroxylation sites is 1. The number of carbonyl (C=O) groups excluding carboxylic acids is 1. The van der Waals surface area contributed by atoms with Crippen molar-refractivity contribution in [3.8, 4) is 11.5 Å². The Kier molecular flexibility index (Phi) is 9.79. The summed E-state index contributed by atoms with van der Waals surface area (Å²) in [5.74, 6) is 1.57. The van der Waals surface area contributed by atoms with Crippen LogP contribution in [0.2, 0.25) is 0 Å². The Labute approximate surface area is 232 Å². The van der Waals surface area contributed by atoms with E-state index in [9.17, 15) is 4.79 Å². The van der Waals surface area contributed by atoms with Gasteiger partial charge in [-0.3, -0.25) is 9.78 Å². The summed E-state index contributed by atoms with van der Waals surface area (Å²) in [6.45, 7) is 5.41. The number of carbonyl (C=O) groups is 1. The molecule has 6 nitrogen and oxygen atoms in total. The number of amides is 1. The van der Waals surface area contributed by atoms with Crippen molar-refractivity contribution in [2.24, 2.45) is 0 Å². The smallest absolute Gasteiger partial charge is 0.230 e. The predicted molar refractivity (Wildman–Crippen MR) is 158 cm³/mol. The second-order valence-corrected chi connectivity index (χ2v) is 9.88. The van der Waals surface area contributed by atoms with Crippen LogP contribution in [-0.2, 0) is 11.3 Å². The van der Waals surface area contributed by atoms with Gasteiger partial charge in [-0.15, -0.1) is 0 Å². The van der Waals surface area contributed by atoms with Gasteiger partial charge >= 0.3 is 0 Å². The number of rotatable bonds is 13. The van der Waals surface area contributed by atoms with Crippen molar-refractivity contribution in [2.75, 3.05) is 26.1 Å². The average molecular weight is 526 g/mol. The molecule has 1 N–H and O–H groups in total. The van der Waals surface area contributed by atoms with Crippen LogP contribution in [0.4, 0.5) is 5.69 Å². The van der Waals surface area contributed by atoms with Gasteiger partial charge in [-0.25, -0.2) is 0 Å². The van der Waals surface area contributed by atoms with Crippen molar-refractivity contribution >= 4 is 22.5 Å². The van der Waals surface area contributed by atoms with E-state index in [1.54, 1.807) is 14.2 Å². The molecular formula is C33H39N3O3. The van der Waals surface area contributed by atoms with E-state index in [0.29, 0.717) is 13.1 Å². The minimum atomic E-state index is -0.175. The van der Waals surface area contributed by atoms with Gasteiger partial charge in [-0.05, 0) is 49.9 Å². The largest absolute Gasteiger partial charge is 0.497 e. The fourth-order valence-corrected chi connectivity index (χ4v) is 5.08. The zero-order valence-electron chi connectivity index (χ0n) is 23.4. The minimum Gasteiger partial charge on any atom is -0.497 e. The van der Waals surface area contributed by atoms with Crippen LogP contribution in [0.1, 0.15) is 50.2 Å². The van der Waals surface area contributed by atoms with Crippen LogP contribution in [0.5, 0.6) is 11.5 Å². The van der Waals surface area contributed by atoms with Crippen molar-refractivity contribution in [1.82, 2.24) is 9.88 Å². The molecule has 1 aromatic heterocycles. The monoisotopic (exact) mass is 525 g/mol. The first-order valence-electron chi connectivity index (χ1n) is 13.7. The van der Waals surface area contributed by atoms with Crippen LogP contribution in [-0.4, -0.2) is 42.6 Å². The van der Waals surface area contributed by atoms with Gasteiger partial charge in [-0.1, -0.05) is 61.5 Å². The highest BCUT2D eigenvalue weighted by molar-refractivity contribution is 5.92. The van der Waals surface area contributed by atoms with Crippen molar-refractivity contribution in [3.05, 3.63) is 96.2 Å². The Morgan fingerprint density at radius 3 is 2.49 bits per heavy atom. The van der Waals surface area contributed by atoms with Crippen molar-refractivity contribution < 1.29 is 14.3 Å². The summed E-state index contributed by atoms with van der Waals surface area (Å²) in [6.07, 6.45) is 4.31. The molecule has 0 aliphatic rings. The summed E-state index contributed by atoms with van der Waals surface area (Å²) in [6, 6.07) is 26.2. The number of fused-ring (bicyclic) bond motifs is 1. The van der Waals surface area contributed by atoms with E-state index in [1.165, 1.54) is 0 Å². The fourth-order valence-electron chi connectivity index (χ4n) is 5.08. The summed E-state index contributed by atoms with van der Waals surface area (Å²) in [5, 5.41) is 4.66. The summed E-state index contributed by atoms with van der Waals surface area (Å²) < 4.78 is 11.1. The Morgan fingerprint density at radius 2 is 1.74 bits per heavy atom. The highest BCUT2D eigenvalue weighted by Gasteiger charge is 2.25. The lowest BCUT2D eigenvalue weighted by atomic mass is 9.94. The maximum atomic E-state index is 13.9. The van der Waals surface area contributed by atoms with Gasteiger partial charge in [0.25, 0.3) is 0 Å². The molecule has 2 unspecified atom stereocenters. The third-order valence-electron chi connectivity index (χ3n) is 7.15. The second-order valence-electron chi connectivity index (χ2n) is 9.88. The SMILES string of the molecule is CCC(C(=O)N(CCCC(C)Nc1cc(OC)cc2cccnc12)Cc1ccccc1OC)c1ccccc1. The number of benzene rings is 3. The first kappa shape index (κ1) is 28.0. The number of pyridine rings is 1. The van der Waals surface area contributed by atoms with E-state index in [4.69, 9.17) is 9.47 Å². The first-order valence-corrected chi connectivity index (χ1v) is 13.7. The average Bonchev–Trinajstić information content (AvgIpc) is 2.97. The summed E-state index contributed by atoms with van der Waals surface area (Å²) in [7, 11) is 3.35. The number of hydrogen-bond acceptors (Lipinski definition) is 5. The normalized spacial score (nSPS) is 12.5. The predicted octanol–water partition coefficient (Wildman–Crippen LogP) is 7.06. The van der Waals surface area contributed by atoms with Gasteiger partial charge in [0.05, 0.1) is 31.3 Å². The molecule has 0 saturated heterocycles. The zero-order chi connectivity index (χ0) is 27.6. The summed E-state index contributed by atoms with van der Waals surface area (Å²) >= 11 is 0. The Hall–Kier alpha value is -4.06. The number of nitrogens with one attached hydrogen (secondary N) is 1. The molecule has 0 aliphatic heterocycles. The third-order valence-corrected chi connectivity index (χ3v) is 7.15. The molecule has 0 fully saturated rings. The molecule has 0 bridgehead atoms. The molecule has 0 aliphatic carbocycles. The Bertz CT molecular complexity index is 1360. The van der Waals surface area contributed by atoms with E-state index in [0.717, 1.165) is 58.5 Å². The van der Waals surface area contributed by atoms with Crippen molar-refractivity contribution in [3.63, 3.8) is 0 Å². The minimum absolute atomic E-state index is 0.151. The second kappa shape index (κ2) is 13.7. The van der Waals surface area contributed by atoms with E-state index in [2.05, 4.69) is 24.1 Å². The van der Waals surface area contributed by atoms with Crippen molar-refractivity contribution in [1.29, 1.82) is 0 Å². The molecule has 2 atom stereocenters. The van der Waals surface area contributed by atoms with Crippen LogP contribution < -0.4 is 14.8 Å². The van der Waals surface area contributed by atoms with Crippen LogP contribution >= 0.6 is 0 Å². The molecule has 0 saturated carbocycles. The molecule has 4 aromatic rings. The van der Waals surface area contributed by atoms with Gasteiger partial charge in [0, 0.05) is 42.3 Å². The van der Waals surface area contributed by atoms with Crippen LogP contribution in [0.15, 0.2) is 85.1 Å². The highest BCUT2D eigenvalue weighted by atomic mass is 16.5. The molecule has 1 heterocycles. The molecular weight excluding hydrogens is 486 g/mol. The van der Waals surface area contributed by atoms with Crippen LogP contribution in [0.3, 0.4) is 0 Å². The highest BCUT2D eigenvalue weighted by Crippen LogP contribution is 2.29. The van der Waals surface area contributed by atoms with E-state index < -0.39 is 0 Å². The lowest BCUT2D eigenvalue weighted by Crippen LogP contribution is -2.36. The molecule has 0 radical (unpaired) electrons. The van der Waals surface area contributed by atoms with Gasteiger partial charge in [0.2, 0.25) is 5.91 Å². The standard InChI is InChI=1S/C33H39N3O3/c1-5-29(25-14-7-6-8-15-25)33(37)36(23-27-16-9-10-18-31(27)39-4)20-12-13-24(2)35-30-22-28(38-3)21-26-17-11-19-34-32(26)30/h6-11,14-19,21-22,24,29,35H,5,12-13,20,23H2,1-4H3. The molecule has 3 aromatic carbocycles. The molecule has 4 rings (SSSR count). The number of methoxy groups -OCH3 is 2. The number of ether oxygens (including phenoxy) is 2. The maximum absolute atomic E-state index is 13.9. The van der Waals surface area contributed by atoms with Gasteiger partial charge in [-0.2, -0.15) is 0 Å². The van der Waals surface area contributed by atoms with Gasteiger partial charge in [0.15, 0.2) is 0 Å². The van der Waals surface area contributed by atoms with Crippen LogP contribution in [0.25, 0.3) is 10.9 Å². The molecule has 204 valence electrons. The molecule has 0 spiro atoms. The number of nitrogens with zero attached hydrogens (tertiary/aromatic N) is 2. The number of aromatic nitrogens is 1. The maximum Gasteiger partial charge on any atom is 0.230 e. The molecule has 1 amide bonds. The molecule has 6 heteroatoms. The molecule has 39 heavy (non-hydrogen) atoms. The first-order chi connectivity index (χ1) is 19.0. The summed E-state index contributed by atoms with van der Waals surface area (Å²) in [5.41, 5.74) is 3.94. The van der Waals surface area contributed by atoms with E-state index >= 15 is 0 Å². The van der Waals surface area contributed by atoms with Gasteiger partial charge in [0.1, 0.15) is 11.5 Å². The zero-order valence-corrected chi connectivity index (χ0v) is 23.4. The van der Waals surface area contributed by atoms with Gasteiger partial charge < -0.3 is 19.7 Å². The van der Waals surface area contributed by atoms with E-state index in [-0.39, 0.29) is 17.9 Å². The Morgan fingerprint density at radius 1 is 0.974 bits per heavy atom. The number of hydrogen-bond donors (Lipinski definition) is 1. The topological polar surface area (TPSA) is 63.7 Å². The lowest BCUT2D eigenvalue weighted by Gasteiger charge is -2.28. The number of anilines is 1. The summed E-state index contributed by atoms with van der Waals surface area (Å²) in [4.78, 5) is 20.5. The van der Waals surface area contributed by atoms with E-state index in [1.807, 2.05) is 90.0 Å². The van der Waals surface area contributed by atoms with Crippen LogP contribution in [0, 0.1) is 0 Å². The van der Waals surface area contributed by atoms with Crippen molar-refractivity contribution in [2.45, 2.75) is 51.6 Å². The third kappa shape index (κ3) is 7.08. The quantitative estimate of drug-likeness (QED) is 0.203. The fraction of sp³-hybridized carbons (Fsp3) is 0.333. The lowest BCUT2D eigenvalue weighted by molar-refractivity contribution is -0.133.